The van der Waals surface area contributed by atoms with Gasteiger partial charge in [-0.2, -0.15) is 0 Å². The molecule has 0 bridgehead atoms. The monoisotopic (exact) mass is 529 g/mol. The van der Waals surface area contributed by atoms with Crippen molar-refractivity contribution < 1.29 is 14.2 Å². The number of hydrogen-bond acceptors (Lipinski definition) is 4. The van der Waals surface area contributed by atoms with Crippen LogP contribution in [0.4, 0.5) is 4.39 Å². The highest BCUT2D eigenvalue weighted by Crippen LogP contribution is 2.29. The lowest BCUT2D eigenvalue weighted by atomic mass is 10.2. The van der Waals surface area contributed by atoms with Crippen molar-refractivity contribution in [2.75, 3.05) is 20.2 Å². The molecule has 0 radical (unpaired) electrons. The van der Waals surface area contributed by atoms with E-state index in [-0.39, 0.29) is 35.5 Å². The number of thiophene rings is 1. The lowest BCUT2D eigenvalue weighted by molar-refractivity contribution is 0.184. The number of hydrogen-bond donors (Lipinski definition) is 3. The quantitative estimate of drug-likeness (QED) is 0.240. The number of aliphatic hydroxyl groups is 1. The van der Waals surface area contributed by atoms with Crippen molar-refractivity contribution in [1.29, 1.82) is 0 Å². The Hall–Kier alpha value is -1.91. The minimum atomic E-state index is -0.640. The molecule has 29 heavy (non-hydrogen) atoms. The second-order valence-electron chi connectivity index (χ2n) is 6.21. The molecule has 8 heteroatoms. The van der Waals surface area contributed by atoms with E-state index in [0.717, 1.165) is 20.5 Å². The maximum absolute atomic E-state index is 13.9. The molecule has 3 aromatic rings. The number of nitrogens with one attached hydrogen (secondary N) is 2. The van der Waals surface area contributed by atoms with E-state index in [9.17, 15) is 9.50 Å². The average Bonchev–Trinajstić information content (AvgIpc) is 3.14. The second kappa shape index (κ2) is 11.3. The molecule has 0 aliphatic carbocycles. The van der Waals surface area contributed by atoms with Crippen LogP contribution in [0.2, 0.25) is 0 Å². The van der Waals surface area contributed by atoms with Crippen LogP contribution in [-0.2, 0) is 6.54 Å². The van der Waals surface area contributed by atoms with Crippen molar-refractivity contribution in [3.05, 3.63) is 64.8 Å². The first-order chi connectivity index (χ1) is 13.6. The molecule has 1 atom stereocenters. The van der Waals surface area contributed by atoms with Gasteiger partial charge in [-0.1, -0.05) is 24.3 Å². The van der Waals surface area contributed by atoms with E-state index in [2.05, 4.69) is 15.6 Å². The summed E-state index contributed by atoms with van der Waals surface area (Å²) in [7, 11) is 1.65. The largest absolute Gasteiger partial charge is 0.491 e. The fourth-order valence-corrected chi connectivity index (χ4v) is 3.84. The van der Waals surface area contributed by atoms with Crippen molar-refractivity contribution >= 4 is 51.4 Å². The molecule has 1 unspecified atom stereocenters. The predicted octanol–water partition coefficient (Wildman–Crippen LogP) is 4.46. The molecule has 2 aromatic carbocycles. The molecule has 0 saturated heterocycles. The summed E-state index contributed by atoms with van der Waals surface area (Å²) in [6, 6.07) is 14.9. The fourth-order valence-electron chi connectivity index (χ4n) is 2.79. The Kier molecular flexibility index (Phi) is 9.12. The normalized spacial score (nSPS) is 12.3. The van der Waals surface area contributed by atoms with Crippen LogP contribution in [-0.4, -0.2) is 31.3 Å². The smallest absolute Gasteiger partial charge is 0.191 e. The fraction of sp³-hybridized carbons (Fsp3) is 0.286. The predicted molar refractivity (Wildman–Crippen MR) is 128 cm³/mol. The summed E-state index contributed by atoms with van der Waals surface area (Å²) in [5.41, 5.74) is 0.772. The number of fused-ring (bicyclic) bond motifs is 1. The zero-order valence-corrected chi connectivity index (χ0v) is 19.5. The van der Waals surface area contributed by atoms with Gasteiger partial charge in [-0.25, -0.2) is 4.39 Å². The number of benzene rings is 2. The SMILES string of the molecule is CCOc1ccc(CNC(=NC)NCC(O)c2cc3ccccc3s2)cc1F.I. The van der Waals surface area contributed by atoms with E-state index in [0.29, 0.717) is 25.7 Å². The van der Waals surface area contributed by atoms with Crippen LogP contribution in [0.25, 0.3) is 10.1 Å². The van der Waals surface area contributed by atoms with Crippen LogP contribution in [0.5, 0.6) is 5.75 Å². The van der Waals surface area contributed by atoms with Crippen molar-refractivity contribution in [2.45, 2.75) is 19.6 Å². The van der Waals surface area contributed by atoms with E-state index in [4.69, 9.17) is 4.74 Å². The van der Waals surface area contributed by atoms with Gasteiger partial charge in [0.1, 0.15) is 6.10 Å². The van der Waals surface area contributed by atoms with Crippen LogP contribution in [0.3, 0.4) is 0 Å². The van der Waals surface area contributed by atoms with E-state index in [1.165, 1.54) is 6.07 Å². The van der Waals surface area contributed by atoms with Gasteiger partial charge in [-0.05, 0) is 42.1 Å². The van der Waals surface area contributed by atoms with Crippen molar-refractivity contribution in [3.8, 4) is 5.75 Å². The van der Waals surface area contributed by atoms with Crippen molar-refractivity contribution in [2.24, 2.45) is 4.99 Å². The number of ether oxygens (including phenoxy) is 1. The van der Waals surface area contributed by atoms with Gasteiger partial charge in [-0.15, -0.1) is 35.3 Å². The third-order valence-electron chi connectivity index (χ3n) is 4.22. The van der Waals surface area contributed by atoms with Gasteiger partial charge in [0.2, 0.25) is 0 Å². The zero-order chi connectivity index (χ0) is 19.9. The first-order valence-corrected chi connectivity index (χ1v) is 9.94. The summed E-state index contributed by atoms with van der Waals surface area (Å²) in [4.78, 5) is 5.05. The summed E-state index contributed by atoms with van der Waals surface area (Å²) >= 11 is 1.58. The summed E-state index contributed by atoms with van der Waals surface area (Å²) in [6.45, 7) is 2.97. The number of nitrogens with zero attached hydrogens (tertiary/aromatic N) is 1. The maximum Gasteiger partial charge on any atom is 0.191 e. The summed E-state index contributed by atoms with van der Waals surface area (Å²) in [6.07, 6.45) is -0.640. The van der Waals surface area contributed by atoms with Gasteiger partial charge in [0, 0.05) is 29.7 Å². The first kappa shape index (κ1) is 23.4. The second-order valence-corrected chi connectivity index (χ2v) is 7.32. The third kappa shape index (κ3) is 6.28. The maximum atomic E-state index is 13.9. The molecule has 5 nitrogen and oxygen atoms in total. The molecule has 0 amide bonds. The van der Waals surface area contributed by atoms with Gasteiger partial charge < -0.3 is 20.5 Å². The van der Waals surface area contributed by atoms with Crippen LogP contribution >= 0.6 is 35.3 Å². The van der Waals surface area contributed by atoms with Gasteiger partial charge in [0.05, 0.1) is 6.61 Å². The van der Waals surface area contributed by atoms with E-state index in [1.54, 1.807) is 30.5 Å². The molecule has 0 aliphatic rings. The van der Waals surface area contributed by atoms with E-state index < -0.39 is 6.10 Å². The van der Waals surface area contributed by atoms with Gasteiger partial charge in [0.15, 0.2) is 17.5 Å². The number of rotatable bonds is 7. The van der Waals surface area contributed by atoms with Crippen LogP contribution in [0, 0.1) is 5.82 Å². The van der Waals surface area contributed by atoms with Gasteiger partial charge in [0.25, 0.3) is 0 Å². The number of guanidine groups is 1. The van der Waals surface area contributed by atoms with Crippen LogP contribution < -0.4 is 15.4 Å². The Bertz CT molecular complexity index is 931. The Labute approximate surface area is 191 Å². The first-order valence-electron chi connectivity index (χ1n) is 9.13. The molecular weight excluding hydrogens is 504 g/mol. The molecular formula is C21H25FIN3O2S. The lowest BCUT2D eigenvalue weighted by Crippen LogP contribution is -2.38. The summed E-state index contributed by atoms with van der Waals surface area (Å²) in [5, 5.41) is 17.8. The third-order valence-corrected chi connectivity index (χ3v) is 5.43. The molecule has 0 fully saturated rings. The summed E-state index contributed by atoms with van der Waals surface area (Å²) < 4.78 is 20.3. The number of aliphatic hydroxyl groups excluding tert-OH is 1. The molecule has 0 saturated carbocycles. The summed E-state index contributed by atoms with van der Waals surface area (Å²) in [5.74, 6) is 0.402. The van der Waals surface area contributed by atoms with Crippen molar-refractivity contribution in [3.63, 3.8) is 0 Å². The molecule has 3 N–H and O–H groups in total. The van der Waals surface area contributed by atoms with Crippen LogP contribution in [0.15, 0.2) is 53.5 Å². The van der Waals surface area contributed by atoms with Gasteiger partial charge >= 0.3 is 0 Å². The van der Waals surface area contributed by atoms with E-state index in [1.807, 2.05) is 37.3 Å². The minimum Gasteiger partial charge on any atom is -0.491 e. The zero-order valence-electron chi connectivity index (χ0n) is 16.3. The lowest BCUT2D eigenvalue weighted by Gasteiger charge is -2.15. The van der Waals surface area contributed by atoms with Gasteiger partial charge in [-0.3, -0.25) is 4.99 Å². The minimum absolute atomic E-state index is 0. The standard InChI is InChI=1S/C21H24FN3O2S.HI/c1-3-27-18-9-8-14(10-16(18)22)12-24-21(23-2)25-13-17(26)20-11-15-6-4-5-7-19(15)28-20;/h4-11,17,26H,3,12-13H2,1-2H3,(H2,23,24,25);1H. The molecule has 1 aromatic heterocycles. The Morgan fingerprint density at radius 1 is 1.21 bits per heavy atom. The highest BCUT2D eigenvalue weighted by atomic mass is 127. The Balaban J connectivity index is 0.00000300. The highest BCUT2D eigenvalue weighted by molar-refractivity contribution is 14.0. The molecule has 156 valence electrons. The molecule has 1 heterocycles. The topological polar surface area (TPSA) is 65.9 Å². The highest BCUT2D eigenvalue weighted by Gasteiger charge is 2.12. The molecule has 3 rings (SSSR count). The number of halogens is 2. The Morgan fingerprint density at radius 2 is 2.00 bits per heavy atom. The number of aliphatic imine (C=N–C) groups is 1. The molecule has 0 aliphatic heterocycles. The van der Waals surface area contributed by atoms with Crippen molar-refractivity contribution in [1.82, 2.24) is 10.6 Å². The van der Waals surface area contributed by atoms with E-state index >= 15 is 0 Å². The Morgan fingerprint density at radius 3 is 2.69 bits per heavy atom. The average molecular weight is 529 g/mol. The molecule has 0 spiro atoms. The van der Waals surface area contributed by atoms with Crippen LogP contribution in [0.1, 0.15) is 23.5 Å².